The molecule has 194 valence electrons. The first-order valence-electron chi connectivity index (χ1n) is 11.7. The van der Waals surface area contributed by atoms with Crippen LogP contribution in [0, 0.1) is 6.92 Å². The predicted molar refractivity (Wildman–Crippen MR) is 147 cm³/mol. The van der Waals surface area contributed by atoms with E-state index in [4.69, 9.17) is 27.9 Å². The Morgan fingerprint density at radius 3 is 2.39 bits per heavy atom. The normalized spacial score (nSPS) is 13.1. The number of halogens is 2. The van der Waals surface area contributed by atoms with Gasteiger partial charge in [-0.25, -0.2) is 9.69 Å². The molecule has 38 heavy (non-hydrogen) atoms. The zero-order chi connectivity index (χ0) is 27.4. The summed E-state index contributed by atoms with van der Waals surface area (Å²) in [4.78, 5) is 52.0. The molecule has 0 unspecified atom stereocenters. The van der Waals surface area contributed by atoms with Crippen LogP contribution in [0.1, 0.15) is 39.6 Å². The highest BCUT2D eigenvalue weighted by molar-refractivity contribution is 6.53. The van der Waals surface area contributed by atoms with Crippen molar-refractivity contribution in [3.05, 3.63) is 99.2 Å². The summed E-state index contributed by atoms with van der Waals surface area (Å²) in [5, 5.41) is 5.93. The van der Waals surface area contributed by atoms with Crippen molar-refractivity contribution in [2.75, 3.05) is 22.1 Å². The molecule has 0 bridgehead atoms. The molecule has 3 aromatic carbocycles. The molecule has 0 saturated heterocycles. The van der Waals surface area contributed by atoms with Gasteiger partial charge in [-0.1, -0.05) is 42.3 Å². The number of nitrogens with one attached hydrogen (secondary N) is 2. The van der Waals surface area contributed by atoms with E-state index >= 15 is 0 Å². The highest BCUT2D eigenvalue weighted by Crippen LogP contribution is 2.31. The van der Waals surface area contributed by atoms with Crippen molar-refractivity contribution in [1.29, 1.82) is 0 Å². The second-order valence-corrected chi connectivity index (χ2v) is 9.25. The number of benzene rings is 3. The van der Waals surface area contributed by atoms with Gasteiger partial charge in [0, 0.05) is 22.0 Å². The number of carbonyl (C=O) groups is 4. The molecular weight excluding hydrogens is 529 g/mol. The van der Waals surface area contributed by atoms with E-state index in [0.717, 1.165) is 10.5 Å². The van der Waals surface area contributed by atoms with E-state index in [1.54, 1.807) is 42.5 Å². The maximum absolute atomic E-state index is 13.2. The van der Waals surface area contributed by atoms with Crippen LogP contribution in [0.5, 0.6) is 0 Å². The second-order valence-electron chi connectivity index (χ2n) is 8.44. The van der Waals surface area contributed by atoms with Crippen molar-refractivity contribution in [2.24, 2.45) is 0 Å². The van der Waals surface area contributed by atoms with Gasteiger partial charge < -0.3 is 15.4 Å². The summed E-state index contributed by atoms with van der Waals surface area (Å²) in [6.45, 7) is 3.95. The SMILES string of the molecule is CCCOC(=O)c1cccc(N2C(=O)C(Cl)=C(Nc3cccc(C(=O)Nc4ccc(Cl)cc4C)c3)C2=O)c1. The molecule has 4 rings (SSSR count). The highest BCUT2D eigenvalue weighted by Gasteiger charge is 2.39. The van der Waals surface area contributed by atoms with E-state index in [0.29, 0.717) is 28.4 Å². The number of imide groups is 1. The van der Waals surface area contributed by atoms with Crippen LogP contribution >= 0.6 is 23.2 Å². The number of ether oxygens (including phenoxy) is 1. The molecule has 0 atom stereocenters. The molecule has 3 amide bonds. The van der Waals surface area contributed by atoms with Gasteiger partial charge in [0.1, 0.15) is 10.7 Å². The quantitative estimate of drug-likeness (QED) is 0.266. The number of hydrogen-bond acceptors (Lipinski definition) is 6. The largest absolute Gasteiger partial charge is 0.462 e. The zero-order valence-electron chi connectivity index (χ0n) is 20.5. The zero-order valence-corrected chi connectivity index (χ0v) is 22.0. The minimum atomic E-state index is -0.745. The van der Waals surface area contributed by atoms with Gasteiger partial charge in [0.2, 0.25) is 0 Å². The van der Waals surface area contributed by atoms with E-state index < -0.39 is 17.8 Å². The van der Waals surface area contributed by atoms with Crippen LogP contribution in [0.25, 0.3) is 0 Å². The van der Waals surface area contributed by atoms with Crippen LogP contribution in [0.4, 0.5) is 17.1 Å². The molecule has 2 N–H and O–H groups in total. The number of amides is 3. The Bertz CT molecular complexity index is 1480. The Labute approximate surface area is 229 Å². The minimum Gasteiger partial charge on any atom is -0.462 e. The van der Waals surface area contributed by atoms with Gasteiger partial charge in [0.25, 0.3) is 17.7 Å². The van der Waals surface area contributed by atoms with Crippen molar-refractivity contribution in [3.8, 4) is 0 Å². The number of hydrogen-bond donors (Lipinski definition) is 2. The third kappa shape index (κ3) is 5.72. The van der Waals surface area contributed by atoms with Crippen LogP contribution < -0.4 is 15.5 Å². The lowest BCUT2D eigenvalue weighted by molar-refractivity contribution is -0.120. The monoisotopic (exact) mass is 551 g/mol. The van der Waals surface area contributed by atoms with E-state index in [1.165, 1.54) is 24.3 Å². The molecule has 1 heterocycles. The molecule has 1 aliphatic rings. The van der Waals surface area contributed by atoms with Gasteiger partial charge in [0.05, 0.1) is 17.9 Å². The molecule has 0 saturated carbocycles. The Hall–Kier alpha value is -4.14. The van der Waals surface area contributed by atoms with Crippen molar-refractivity contribution < 1.29 is 23.9 Å². The van der Waals surface area contributed by atoms with Crippen molar-refractivity contribution in [1.82, 2.24) is 0 Å². The minimum absolute atomic E-state index is 0.151. The molecular formula is C28H23Cl2N3O5. The summed E-state index contributed by atoms with van der Waals surface area (Å²) in [5.41, 5.74) is 2.32. The number of aryl methyl sites for hydroxylation is 1. The predicted octanol–water partition coefficient (Wildman–Crippen LogP) is 5.90. The second kappa shape index (κ2) is 11.5. The molecule has 0 radical (unpaired) electrons. The molecule has 10 heteroatoms. The van der Waals surface area contributed by atoms with Crippen LogP contribution in [-0.2, 0) is 14.3 Å². The molecule has 8 nitrogen and oxygen atoms in total. The Morgan fingerprint density at radius 2 is 1.66 bits per heavy atom. The van der Waals surface area contributed by atoms with Gasteiger partial charge in [-0.3, -0.25) is 14.4 Å². The van der Waals surface area contributed by atoms with Crippen LogP contribution in [0.2, 0.25) is 5.02 Å². The maximum Gasteiger partial charge on any atom is 0.338 e. The van der Waals surface area contributed by atoms with E-state index in [2.05, 4.69) is 10.6 Å². The molecule has 1 aliphatic heterocycles. The first-order valence-corrected chi connectivity index (χ1v) is 12.5. The summed E-state index contributed by atoms with van der Waals surface area (Å²) in [7, 11) is 0. The number of carbonyl (C=O) groups excluding carboxylic acids is 4. The first-order chi connectivity index (χ1) is 18.2. The molecule has 0 aliphatic carbocycles. The lowest BCUT2D eigenvalue weighted by Gasteiger charge is -2.16. The number of esters is 1. The Balaban J connectivity index is 1.52. The molecule has 0 aromatic heterocycles. The fourth-order valence-corrected chi connectivity index (χ4v) is 4.18. The third-order valence-electron chi connectivity index (χ3n) is 5.64. The van der Waals surface area contributed by atoms with Crippen LogP contribution in [-0.4, -0.2) is 30.3 Å². The van der Waals surface area contributed by atoms with Crippen LogP contribution in [0.3, 0.4) is 0 Å². The number of anilines is 3. The Morgan fingerprint density at radius 1 is 0.921 bits per heavy atom. The topological polar surface area (TPSA) is 105 Å². The summed E-state index contributed by atoms with van der Waals surface area (Å²) >= 11 is 12.2. The average Bonchev–Trinajstić information content (AvgIpc) is 3.11. The van der Waals surface area contributed by atoms with Crippen molar-refractivity contribution >= 4 is 64.0 Å². The summed E-state index contributed by atoms with van der Waals surface area (Å²) in [6, 6.07) is 17.5. The van der Waals surface area contributed by atoms with Crippen LogP contribution in [0.15, 0.2) is 77.5 Å². The number of rotatable bonds is 8. The van der Waals surface area contributed by atoms with Gasteiger partial charge in [-0.15, -0.1) is 0 Å². The van der Waals surface area contributed by atoms with E-state index in [1.807, 2.05) is 13.8 Å². The van der Waals surface area contributed by atoms with Gasteiger partial charge in [0.15, 0.2) is 0 Å². The standard InChI is InChI=1S/C28H23Cl2N3O5/c1-3-12-38-28(37)18-7-5-9-21(15-18)33-26(35)23(30)24(27(33)36)31-20-8-4-6-17(14-20)25(34)32-22-11-10-19(29)13-16(22)2/h4-11,13-15,31H,3,12H2,1-2H3,(H,32,34). The van der Waals surface area contributed by atoms with E-state index in [9.17, 15) is 19.2 Å². The summed E-state index contributed by atoms with van der Waals surface area (Å²) in [6.07, 6.45) is 0.659. The first kappa shape index (κ1) is 26.9. The van der Waals surface area contributed by atoms with Crippen molar-refractivity contribution in [2.45, 2.75) is 20.3 Å². The fourth-order valence-electron chi connectivity index (χ4n) is 3.74. The van der Waals surface area contributed by atoms with Crippen molar-refractivity contribution in [3.63, 3.8) is 0 Å². The molecule has 0 spiro atoms. The smallest absolute Gasteiger partial charge is 0.338 e. The summed E-state index contributed by atoms with van der Waals surface area (Å²) in [5.74, 6) is -2.38. The average molecular weight is 552 g/mol. The lowest BCUT2D eigenvalue weighted by atomic mass is 10.1. The molecule has 0 fully saturated rings. The van der Waals surface area contributed by atoms with Gasteiger partial charge in [-0.2, -0.15) is 0 Å². The molecule has 3 aromatic rings. The third-order valence-corrected chi connectivity index (χ3v) is 6.22. The fraction of sp³-hybridized carbons (Fsp3) is 0.143. The van der Waals surface area contributed by atoms with Gasteiger partial charge >= 0.3 is 5.97 Å². The van der Waals surface area contributed by atoms with Gasteiger partial charge in [-0.05, 0) is 73.5 Å². The Kier molecular flexibility index (Phi) is 8.14. The summed E-state index contributed by atoms with van der Waals surface area (Å²) < 4.78 is 5.13. The highest BCUT2D eigenvalue weighted by atomic mass is 35.5. The lowest BCUT2D eigenvalue weighted by Crippen LogP contribution is -2.32. The maximum atomic E-state index is 13.2. The number of nitrogens with zero attached hydrogens (tertiary/aromatic N) is 1. The van der Waals surface area contributed by atoms with E-state index in [-0.39, 0.29) is 34.5 Å².